The summed E-state index contributed by atoms with van der Waals surface area (Å²) >= 11 is 0. The number of carbonyl (C=O) groups excluding carboxylic acids is 1. The van der Waals surface area contributed by atoms with Crippen LogP contribution in [-0.2, 0) is 0 Å². The fraction of sp³-hybridized carbons (Fsp3) is 0.400. The van der Waals surface area contributed by atoms with Gasteiger partial charge in [0, 0.05) is 29.1 Å². The van der Waals surface area contributed by atoms with Crippen LogP contribution in [0.3, 0.4) is 0 Å². The van der Waals surface area contributed by atoms with Crippen molar-refractivity contribution >= 4 is 16.7 Å². The summed E-state index contributed by atoms with van der Waals surface area (Å²) in [5.74, 6) is 1.69. The molecule has 1 aromatic carbocycles. The van der Waals surface area contributed by atoms with Crippen LogP contribution >= 0.6 is 0 Å². The Morgan fingerprint density at radius 2 is 2.24 bits per heavy atom. The standard InChI is InChI=1S/C20H22N2O3/c1-3-12-11-22-7-6-13(12)8-18(22)20(24)16-10-19(23)21-17-5-4-14(25-2)9-15(16)17/h3-5,9-10,12-13,18H,1,6-8,11H2,2H3,(H,21,23). The van der Waals surface area contributed by atoms with Crippen LogP contribution in [0.15, 0.2) is 41.7 Å². The van der Waals surface area contributed by atoms with Crippen LogP contribution in [0.2, 0.25) is 0 Å². The zero-order chi connectivity index (χ0) is 17.6. The van der Waals surface area contributed by atoms with E-state index in [0.29, 0.717) is 28.7 Å². The molecular formula is C20H22N2O3. The number of carbonyl (C=O) groups is 1. The van der Waals surface area contributed by atoms with Crippen LogP contribution in [0.25, 0.3) is 10.9 Å². The number of nitrogens with one attached hydrogen (secondary N) is 1. The Bertz CT molecular complexity index is 901. The van der Waals surface area contributed by atoms with Gasteiger partial charge in [-0.05, 0) is 49.4 Å². The fourth-order valence-corrected chi connectivity index (χ4v) is 4.35. The monoisotopic (exact) mass is 338 g/mol. The molecule has 1 N–H and O–H groups in total. The molecule has 5 rings (SSSR count). The lowest BCUT2D eigenvalue weighted by Gasteiger charge is -2.48. The number of aromatic nitrogens is 1. The van der Waals surface area contributed by atoms with Gasteiger partial charge < -0.3 is 9.72 Å². The Morgan fingerprint density at radius 1 is 1.40 bits per heavy atom. The summed E-state index contributed by atoms with van der Waals surface area (Å²) in [7, 11) is 1.59. The highest BCUT2D eigenvalue weighted by Crippen LogP contribution is 2.38. The number of hydrogen-bond donors (Lipinski definition) is 1. The van der Waals surface area contributed by atoms with E-state index in [9.17, 15) is 9.59 Å². The van der Waals surface area contributed by atoms with E-state index >= 15 is 0 Å². The van der Waals surface area contributed by atoms with Gasteiger partial charge in [0.2, 0.25) is 5.56 Å². The first-order chi connectivity index (χ1) is 12.1. The van der Waals surface area contributed by atoms with Crippen LogP contribution in [0.5, 0.6) is 5.75 Å². The molecule has 3 saturated heterocycles. The topological polar surface area (TPSA) is 62.4 Å². The van der Waals surface area contributed by atoms with Crippen molar-refractivity contribution in [3.63, 3.8) is 0 Å². The van der Waals surface area contributed by atoms with Crippen molar-refractivity contribution in [2.75, 3.05) is 20.2 Å². The fourth-order valence-electron chi connectivity index (χ4n) is 4.35. The van der Waals surface area contributed by atoms with E-state index in [0.717, 1.165) is 31.3 Å². The summed E-state index contributed by atoms with van der Waals surface area (Å²) in [4.78, 5) is 30.4. The number of ketones is 1. The van der Waals surface area contributed by atoms with Gasteiger partial charge in [-0.15, -0.1) is 6.58 Å². The average Bonchev–Trinajstić information content (AvgIpc) is 2.66. The van der Waals surface area contributed by atoms with Crippen molar-refractivity contribution in [1.29, 1.82) is 0 Å². The van der Waals surface area contributed by atoms with Gasteiger partial charge >= 0.3 is 0 Å². The number of piperidine rings is 3. The molecule has 0 amide bonds. The second kappa shape index (κ2) is 6.15. The number of ether oxygens (including phenoxy) is 1. The third-order valence-corrected chi connectivity index (χ3v) is 5.73. The highest BCUT2D eigenvalue weighted by Gasteiger charge is 2.42. The Kier molecular flexibility index (Phi) is 3.96. The molecule has 3 fully saturated rings. The Labute approximate surface area is 146 Å². The minimum atomic E-state index is -0.249. The van der Waals surface area contributed by atoms with Gasteiger partial charge in [-0.25, -0.2) is 0 Å². The van der Waals surface area contributed by atoms with Crippen LogP contribution in [0, 0.1) is 11.8 Å². The minimum Gasteiger partial charge on any atom is -0.497 e. The number of H-pyrrole nitrogens is 1. The van der Waals surface area contributed by atoms with E-state index in [1.54, 1.807) is 19.2 Å². The van der Waals surface area contributed by atoms with Gasteiger partial charge in [-0.1, -0.05) is 6.08 Å². The maximum absolute atomic E-state index is 13.3. The number of nitrogens with zero attached hydrogens (tertiary/aromatic N) is 1. The van der Waals surface area contributed by atoms with E-state index in [1.807, 2.05) is 12.1 Å². The second-order valence-electron chi connectivity index (χ2n) is 7.02. The first-order valence-electron chi connectivity index (χ1n) is 8.72. The molecule has 3 aliphatic rings. The van der Waals surface area contributed by atoms with E-state index < -0.39 is 0 Å². The number of aromatic amines is 1. The molecule has 5 nitrogen and oxygen atoms in total. The zero-order valence-corrected chi connectivity index (χ0v) is 14.3. The molecule has 1 aromatic heterocycles. The van der Waals surface area contributed by atoms with Crippen molar-refractivity contribution in [2.45, 2.75) is 18.9 Å². The van der Waals surface area contributed by atoms with Crippen LogP contribution in [-0.4, -0.2) is 41.9 Å². The Morgan fingerprint density at radius 3 is 2.92 bits per heavy atom. The first kappa shape index (κ1) is 16.1. The molecule has 2 bridgehead atoms. The average molecular weight is 338 g/mol. The summed E-state index contributed by atoms with van der Waals surface area (Å²) in [5, 5.41) is 0.742. The van der Waals surface area contributed by atoms with Gasteiger partial charge in [0.25, 0.3) is 0 Å². The molecule has 4 unspecified atom stereocenters. The van der Waals surface area contributed by atoms with Crippen LogP contribution in [0.4, 0.5) is 0 Å². The number of fused-ring (bicyclic) bond motifs is 4. The second-order valence-corrected chi connectivity index (χ2v) is 7.02. The number of rotatable bonds is 4. The Hall–Kier alpha value is -2.40. The molecule has 0 spiro atoms. The number of benzene rings is 1. The Balaban J connectivity index is 1.75. The summed E-state index contributed by atoms with van der Waals surface area (Å²) in [6.45, 7) is 5.76. The lowest BCUT2D eigenvalue weighted by atomic mass is 9.74. The van der Waals surface area contributed by atoms with Crippen LogP contribution < -0.4 is 10.3 Å². The summed E-state index contributed by atoms with van der Waals surface area (Å²) in [6, 6.07) is 6.67. The highest BCUT2D eigenvalue weighted by atomic mass is 16.5. The van der Waals surface area contributed by atoms with E-state index in [4.69, 9.17) is 4.74 Å². The molecule has 4 atom stereocenters. The molecule has 4 heterocycles. The summed E-state index contributed by atoms with van der Waals surface area (Å²) in [6.07, 6.45) is 3.98. The smallest absolute Gasteiger partial charge is 0.249 e. The van der Waals surface area contributed by atoms with Gasteiger partial charge in [0.1, 0.15) is 5.75 Å². The summed E-state index contributed by atoms with van der Waals surface area (Å²) < 4.78 is 5.29. The van der Waals surface area contributed by atoms with Gasteiger partial charge in [-0.2, -0.15) is 0 Å². The zero-order valence-electron chi connectivity index (χ0n) is 14.3. The minimum absolute atomic E-state index is 0.0385. The maximum Gasteiger partial charge on any atom is 0.249 e. The van der Waals surface area contributed by atoms with Crippen molar-refractivity contribution in [1.82, 2.24) is 9.88 Å². The molecule has 0 aliphatic carbocycles. The van der Waals surface area contributed by atoms with Gasteiger partial charge in [-0.3, -0.25) is 14.5 Å². The molecule has 130 valence electrons. The van der Waals surface area contributed by atoms with Crippen molar-refractivity contribution < 1.29 is 9.53 Å². The van der Waals surface area contributed by atoms with Gasteiger partial charge in [0.05, 0.1) is 13.2 Å². The normalized spacial score (nSPS) is 28.0. The third kappa shape index (κ3) is 2.68. The largest absolute Gasteiger partial charge is 0.497 e. The maximum atomic E-state index is 13.3. The quantitative estimate of drug-likeness (QED) is 0.688. The molecule has 5 heteroatoms. The van der Waals surface area contributed by atoms with E-state index in [1.165, 1.54) is 6.07 Å². The molecule has 2 aromatic rings. The van der Waals surface area contributed by atoms with E-state index in [2.05, 4.69) is 16.5 Å². The SMILES string of the molecule is C=CC1CN2CCC1CC2C(=O)c1cc(=O)[nH]c2ccc(OC)cc12. The predicted octanol–water partition coefficient (Wildman–Crippen LogP) is 2.62. The third-order valence-electron chi connectivity index (χ3n) is 5.73. The van der Waals surface area contributed by atoms with Crippen LogP contribution in [0.1, 0.15) is 23.2 Å². The number of methoxy groups -OCH3 is 1. The van der Waals surface area contributed by atoms with E-state index in [-0.39, 0.29) is 17.4 Å². The highest BCUT2D eigenvalue weighted by molar-refractivity contribution is 6.10. The molecular weight excluding hydrogens is 316 g/mol. The number of Topliss-reactive ketones (excluding diaryl/α,β-unsaturated/α-hetero) is 1. The molecule has 25 heavy (non-hydrogen) atoms. The summed E-state index contributed by atoms with van der Waals surface area (Å²) in [5.41, 5.74) is 0.905. The lowest BCUT2D eigenvalue weighted by Crippen LogP contribution is -2.55. The lowest BCUT2D eigenvalue weighted by molar-refractivity contribution is 0.0205. The van der Waals surface area contributed by atoms with Crippen molar-refractivity contribution in [3.05, 3.63) is 52.8 Å². The molecule has 0 radical (unpaired) electrons. The number of hydrogen-bond acceptors (Lipinski definition) is 4. The van der Waals surface area contributed by atoms with Crippen molar-refractivity contribution in [3.8, 4) is 5.75 Å². The molecule has 0 saturated carbocycles. The first-order valence-corrected chi connectivity index (χ1v) is 8.72. The van der Waals surface area contributed by atoms with Gasteiger partial charge in [0.15, 0.2) is 5.78 Å². The number of pyridine rings is 1. The predicted molar refractivity (Wildman–Crippen MR) is 97.2 cm³/mol. The molecule has 3 aliphatic heterocycles. The van der Waals surface area contributed by atoms with Crippen molar-refractivity contribution in [2.24, 2.45) is 11.8 Å².